The molecule has 0 unspecified atom stereocenters. The second-order valence-corrected chi connectivity index (χ2v) is 12.7. The van der Waals surface area contributed by atoms with Gasteiger partial charge in [-0.1, -0.05) is 29.3 Å². The van der Waals surface area contributed by atoms with Gasteiger partial charge in [-0.15, -0.1) is 11.3 Å². The number of carbonyl (C=O) groups excluding carboxylic acids is 1. The Morgan fingerprint density at radius 1 is 1.11 bits per heavy atom. The Labute approximate surface area is 215 Å². The number of carbonyl (C=O) groups is 1. The summed E-state index contributed by atoms with van der Waals surface area (Å²) in [6.07, 6.45) is 3.61. The van der Waals surface area contributed by atoms with Crippen molar-refractivity contribution in [2.75, 3.05) is 11.1 Å². The molecule has 1 saturated carbocycles. The lowest BCUT2D eigenvalue weighted by Crippen LogP contribution is -2.20. The van der Waals surface area contributed by atoms with E-state index in [1.165, 1.54) is 23.0 Å². The molecule has 180 valence electrons. The largest absolute Gasteiger partial charge is 0.382 e. The van der Waals surface area contributed by atoms with Gasteiger partial charge in [0.05, 0.1) is 25.9 Å². The Hall–Kier alpha value is -2.72. The molecular formula is C24H19Cl2N3O4S2. The van der Waals surface area contributed by atoms with E-state index in [1.54, 1.807) is 24.3 Å². The summed E-state index contributed by atoms with van der Waals surface area (Å²) < 4.78 is 26.6. The molecule has 0 bridgehead atoms. The van der Waals surface area contributed by atoms with Gasteiger partial charge in [-0.25, -0.2) is 13.4 Å². The SMILES string of the molecule is O=C(Cc1ccc(-n2cnc3cc(NC4CC4)ccc3c2=O)c(Cl)c1)CS(=O)(=O)c1ccc(Cl)s1. The number of hydrogen-bond acceptors (Lipinski definition) is 7. The highest BCUT2D eigenvalue weighted by atomic mass is 35.5. The van der Waals surface area contributed by atoms with E-state index in [0.29, 0.717) is 32.5 Å². The van der Waals surface area contributed by atoms with Gasteiger partial charge in [0.1, 0.15) is 16.3 Å². The molecule has 0 radical (unpaired) electrons. The summed E-state index contributed by atoms with van der Waals surface area (Å²) in [4.78, 5) is 30.0. The van der Waals surface area contributed by atoms with Gasteiger partial charge in [0.2, 0.25) is 0 Å². The maximum absolute atomic E-state index is 13.1. The first-order valence-corrected chi connectivity index (χ1v) is 14.0. The molecule has 7 nitrogen and oxygen atoms in total. The van der Waals surface area contributed by atoms with Gasteiger partial charge in [0.25, 0.3) is 5.56 Å². The lowest BCUT2D eigenvalue weighted by Gasteiger charge is -2.11. The molecule has 1 N–H and O–H groups in total. The number of hydrogen-bond donors (Lipinski definition) is 1. The fourth-order valence-electron chi connectivity index (χ4n) is 3.73. The summed E-state index contributed by atoms with van der Waals surface area (Å²) in [5.74, 6) is -1.10. The number of sulfone groups is 1. The molecule has 0 amide bonds. The quantitative estimate of drug-likeness (QED) is 0.336. The third-order valence-corrected chi connectivity index (χ3v) is 9.38. The molecule has 35 heavy (non-hydrogen) atoms. The van der Waals surface area contributed by atoms with E-state index >= 15 is 0 Å². The Bertz CT molecular complexity index is 1630. The highest BCUT2D eigenvalue weighted by Crippen LogP contribution is 2.28. The van der Waals surface area contributed by atoms with E-state index in [2.05, 4.69) is 10.3 Å². The first-order valence-electron chi connectivity index (χ1n) is 10.8. The zero-order chi connectivity index (χ0) is 24.7. The number of fused-ring (bicyclic) bond motifs is 1. The van der Waals surface area contributed by atoms with Crippen molar-refractivity contribution in [3.8, 4) is 5.69 Å². The lowest BCUT2D eigenvalue weighted by atomic mass is 10.1. The smallest absolute Gasteiger partial charge is 0.265 e. The third-order valence-electron chi connectivity index (χ3n) is 5.59. The minimum absolute atomic E-state index is 0.0582. The van der Waals surface area contributed by atoms with Gasteiger partial charge in [0.15, 0.2) is 15.6 Å². The Morgan fingerprint density at radius 3 is 2.60 bits per heavy atom. The summed E-state index contributed by atoms with van der Waals surface area (Å²) in [5.41, 5.74) is 2.22. The summed E-state index contributed by atoms with van der Waals surface area (Å²) in [7, 11) is -3.76. The van der Waals surface area contributed by atoms with E-state index in [-0.39, 0.29) is 21.2 Å². The van der Waals surface area contributed by atoms with Crippen LogP contribution in [0.15, 0.2) is 63.9 Å². The molecule has 0 atom stereocenters. The number of Topliss-reactive ketones (excluding diaryl/α,β-unsaturated/α-hetero) is 1. The molecule has 0 aliphatic heterocycles. The molecule has 2 heterocycles. The van der Waals surface area contributed by atoms with Crippen LogP contribution in [0.2, 0.25) is 9.36 Å². The molecule has 1 fully saturated rings. The highest BCUT2D eigenvalue weighted by Gasteiger charge is 2.22. The van der Waals surface area contributed by atoms with Crippen LogP contribution in [0.3, 0.4) is 0 Å². The summed E-state index contributed by atoms with van der Waals surface area (Å²) in [5, 5.41) is 4.10. The number of benzene rings is 2. The van der Waals surface area contributed by atoms with Crippen molar-refractivity contribution >= 4 is 66.7 Å². The predicted octanol–water partition coefficient (Wildman–Crippen LogP) is 4.91. The molecule has 4 aromatic rings. The fraction of sp³-hybridized carbons (Fsp3) is 0.208. The third kappa shape index (κ3) is 5.28. The second kappa shape index (κ2) is 9.39. The van der Waals surface area contributed by atoms with Crippen LogP contribution in [-0.4, -0.2) is 35.5 Å². The molecule has 1 aliphatic carbocycles. The minimum Gasteiger partial charge on any atom is -0.382 e. The number of halogens is 2. The Balaban J connectivity index is 1.35. The van der Waals surface area contributed by atoms with E-state index in [1.807, 2.05) is 12.1 Å². The van der Waals surface area contributed by atoms with E-state index < -0.39 is 21.4 Å². The fourth-order valence-corrected chi connectivity index (χ4v) is 6.83. The number of rotatable bonds is 8. The van der Waals surface area contributed by atoms with Crippen molar-refractivity contribution in [1.29, 1.82) is 0 Å². The van der Waals surface area contributed by atoms with Crippen LogP contribution in [0, 0.1) is 0 Å². The van der Waals surface area contributed by atoms with Crippen molar-refractivity contribution in [2.24, 2.45) is 0 Å². The molecule has 0 saturated heterocycles. The van der Waals surface area contributed by atoms with E-state index in [9.17, 15) is 18.0 Å². The number of aromatic nitrogens is 2. The number of ketones is 1. The van der Waals surface area contributed by atoms with Crippen LogP contribution in [-0.2, 0) is 21.1 Å². The zero-order valence-electron chi connectivity index (χ0n) is 18.2. The molecule has 1 aliphatic rings. The minimum atomic E-state index is -3.76. The van der Waals surface area contributed by atoms with Crippen molar-refractivity contribution in [2.45, 2.75) is 29.5 Å². The van der Waals surface area contributed by atoms with Gasteiger partial charge in [-0.2, -0.15) is 0 Å². The first kappa shape index (κ1) is 24.0. The van der Waals surface area contributed by atoms with Crippen LogP contribution < -0.4 is 10.9 Å². The zero-order valence-corrected chi connectivity index (χ0v) is 21.3. The van der Waals surface area contributed by atoms with Crippen LogP contribution in [0.5, 0.6) is 0 Å². The van der Waals surface area contributed by atoms with Crippen LogP contribution in [0.25, 0.3) is 16.6 Å². The normalized spacial score (nSPS) is 13.8. The highest BCUT2D eigenvalue weighted by molar-refractivity contribution is 7.94. The van der Waals surface area contributed by atoms with Gasteiger partial charge in [0, 0.05) is 18.2 Å². The maximum atomic E-state index is 13.1. The summed E-state index contributed by atoms with van der Waals surface area (Å²) in [6, 6.07) is 13.7. The molecule has 0 spiro atoms. The molecule has 5 rings (SSSR count). The van der Waals surface area contributed by atoms with Gasteiger partial charge in [-0.3, -0.25) is 14.2 Å². The standard InChI is InChI=1S/C24H19Cl2N3O4S2/c25-19-10-14(9-17(30)12-35(32,33)23-8-7-22(26)34-23)1-6-21(19)29-13-27-20-11-16(28-15-2-3-15)4-5-18(20)24(29)31/h1,4-8,10-11,13,15,28H,2-3,9,12H2. The number of nitrogens with zero attached hydrogens (tertiary/aromatic N) is 2. The summed E-state index contributed by atoms with van der Waals surface area (Å²) >= 11 is 13.2. The van der Waals surface area contributed by atoms with Gasteiger partial charge in [-0.05, 0) is 60.9 Å². The van der Waals surface area contributed by atoms with Crippen molar-refractivity contribution < 1.29 is 13.2 Å². The molecule has 2 aromatic carbocycles. The van der Waals surface area contributed by atoms with Crippen LogP contribution in [0.4, 0.5) is 5.69 Å². The van der Waals surface area contributed by atoms with Crippen molar-refractivity contribution in [3.63, 3.8) is 0 Å². The number of thiophene rings is 1. The van der Waals surface area contributed by atoms with Gasteiger partial charge < -0.3 is 5.32 Å². The Kier molecular flexibility index (Phi) is 6.43. The van der Waals surface area contributed by atoms with E-state index in [0.717, 1.165) is 29.9 Å². The first-order chi connectivity index (χ1) is 16.7. The molecule has 2 aromatic heterocycles. The lowest BCUT2D eigenvalue weighted by molar-refractivity contribution is -0.116. The predicted molar refractivity (Wildman–Crippen MR) is 139 cm³/mol. The topological polar surface area (TPSA) is 98.1 Å². The number of nitrogens with one attached hydrogen (secondary N) is 1. The second-order valence-electron chi connectivity index (χ2n) is 8.39. The van der Waals surface area contributed by atoms with Crippen LogP contribution in [0.1, 0.15) is 18.4 Å². The van der Waals surface area contributed by atoms with Gasteiger partial charge >= 0.3 is 0 Å². The maximum Gasteiger partial charge on any atom is 0.265 e. The Morgan fingerprint density at radius 2 is 1.91 bits per heavy atom. The number of anilines is 1. The average Bonchev–Trinajstić information content (AvgIpc) is 3.49. The monoisotopic (exact) mass is 547 g/mol. The molecule has 11 heteroatoms. The molecular weight excluding hydrogens is 529 g/mol. The van der Waals surface area contributed by atoms with Crippen LogP contribution >= 0.6 is 34.5 Å². The van der Waals surface area contributed by atoms with Crippen molar-refractivity contribution in [3.05, 3.63) is 80.1 Å². The van der Waals surface area contributed by atoms with E-state index in [4.69, 9.17) is 23.2 Å². The summed E-state index contributed by atoms with van der Waals surface area (Å²) in [6.45, 7) is 0. The average molecular weight is 548 g/mol. The van der Waals surface area contributed by atoms with Crippen molar-refractivity contribution in [1.82, 2.24) is 9.55 Å².